The van der Waals surface area contributed by atoms with E-state index >= 15 is 0 Å². The second kappa shape index (κ2) is 9.24. The molecule has 1 amide bonds. The van der Waals surface area contributed by atoms with E-state index in [1.165, 1.54) is 5.56 Å². The fraction of sp³-hybridized carbons (Fsp3) is 0.516. The van der Waals surface area contributed by atoms with Gasteiger partial charge in [0.25, 0.3) is 0 Å². The van der Waals surface area contributed by atoms with Crippen molar-refractivity contribution in [3.8, 4) is 11.5 Å². The Kier molecular flexibility index (Phi) is 6.27. The first-order valence-corrected chi connectivity index (χ1v) is 14.8. The van der Waals surface area contributed by atoms with Gasteiger partial charge in [0.1, 0.15) is 22.8 Å². The number of nitrogens with one attached hydrogen (secondary N) is 1. The number of carbonyl (C=O) groups is 3. The van der Waals surface area contributed by atoms with E-state index in [9.17, 15) is 29.7 Å². The monoisotopic (exact) mass is 565 g/mol. The molecule has 2 saturated heterocycles. The number of ketones is 1. The Bertz CT molecular complexity index is 1410. The Morgan fingerprint density at radius 1 is 1.12 bits per heavy atom. The summed E-state index contributed by atoms with van der Waals surface area (Å²) in [6, 6.07) is 10.7. The molecule has 2 aromatic carbocycles. The number of phenols is 2. The van der Waals surface area contributed by atoms with Gasteiger partial charge in [0, 0.05) is 34.3 Å². The number of aryl methyl sites for hydroxylation is 1. The molecule has 212 valence electrons. The number of aromatic hydroxyl groups is 2. The first kappa shape index (κ1) is 27.1. The molecular formula is C31H35NO7S. The normalized spacial score (nSPS) is 35.5. The van der Waals surface area contributed by atoms with Crippen molar-refractivity contribution < 1.29 is 34.4 Å². The molecule has 40 heavy (non-hydrogen) atoms. The molecule has 5 aliphatic rings. The molecule has 3 aliphatic carbocycles. The van der Waals surface area contributed by atoms with Crippen LogP contribution in [-0.2, 0) is 14.3 Å². The minimum Gasteiger partial charge on any atom is -0.506 e. The molecular weight excluding hydrogens is 530 g/mol. The number of aromatic carboxylic acids is 1. The molecule has 7 atom stereocenters. The first-order chi connectivity index (χ1) is 18.9. The Balaban J connectivity index is 1.26. The summed E-state index contributed by atoms with van der Waals surface area (Å²) in [6.07, 6.45) is 3.55. The molecule has 3 saturated carbocycles. The third kappa shape index (κ3) is 4.04. The van der Waals surface area contributed by atoms with Crippen LogP contribution in [0.4, 0.5) is 5.69 Å². The van der Waals surface area contributed by atoms with Gasteiger partial charge in [-0.05, 0) is 75.1 Å². The van der Waals surface area contributed by atoms with Crippen molar-refractivity contribution >= 4 is 35.1 Å². The molecule has 0 unspecified atom stereocenters. The lowest BCUT2D eigenvalue weighted by Crippen LogP contribution is -2.62. The summed E-state index contributed by atoms with van der Waals surface area (Å²) in [5.41, 5.74) is -0.577. The number of amides is 1. The standard InChI is InChI=1S/C31H35NO7S/c1-16-4-6-18(7-5-16)40-23-13-22(34)29(2,27-21-12-17-14-31(23,27)15-30(17,3)39-21)11-10-24(35)32-25-20(33)9-8-19(26(25)36)28(37)38/h4-9,17,21,23,27,33,36H,10-15H2,1-3H3,(H,32,35)(H,37,38)/t17-,21-,23-,27-,29+,30-,31-/m0/s1. The summed E-state index contributed by atoms with van der Waals surface area (Å²) in [5, 5.41) is 32.4. The van der Waals surface area contributed by atoms with Crippen LogP contribution < -0.4 is 5.32 Å². The van der Waals surface area contributed by atoms with Crippen LogP contribution >= 0.6 is 11.8 Å². The highest BCUT2D eigenvalue weighted by Gasteiger charge is 2.75. The van der Waals surface area contributed by atoms with Gasteiger partial charge in [0.05, 0.1) is 11.7 Å². The van der Waals surface area contributed by atoms with Crippen molar-refractivity contribution in [1.29, 1.82) is 0 Å². The largest absolute Gasteiger partial charge is 0.506 e. The fourth-order valence-electron chi connectivity index (χ4n) is 8.46. The zero-order chi connectivity index (χ0) is 28.6. The number of benzene rings is 2. The Hall–Kier alpha value is -3.04. The van der Waals surface area contributed by atoms with Crippen LogP contribution in [0.3, 0.4) is 0 Å². The predicted molar refractivity (Wildman–Crippen MR) is 150 cm³/mol. The molecule has 4 N–H and O–H groups in total. The maximum Gasteiger partial charge on any atom is 0.339 e. The van der Waals surface area contributed by atoms with E-state index in [-0.39, 0.29) is 46.2 Å². The average Bonchev–Trinajstić information content (AvgIpc) is 3.26. The van der Waals surface area contributed by atoms with Gasteiger partial charge in [-0.2, -0.15) is 0 Å². The number of thioether (sulfide) groups is 1. The lowest BCUT2D eigenvalue weighted by atomic mass is 9.48. The molecule has 2 heterocycles. The van der Waals surface area contributed by atoms with Crippen molar-refractivity contribution in [2.24, 2.45) is 22.7 Å². The Morgan fingerprint density at radius 3 is 2.52 bits per heavy atom. The summed E-state index contributed by atoms with van der Waals surface area (Å²) in [5.74, 6) is -2.42. The fourth-order valence-corrected chi connectivity index (χ4v) is 9.87. The van der Waals surface area contributed by atoms with E-state index in [1.807, 2.05) is 18.7 Å². The number of ether oxygens (including phenoxy) is 1. The van der Waals surface area contributed by atoms with E-state index in [4.69, 9.17) is 4.74 Å². The smallest absolute Gasteiger partial charge is 0.339 e. The molecule has 5 fully saturated rings. The molecule has 0 aromatic heterocycles. The van der Waals surface area contributed by atoms with Gasteiger partial charge in [-0.15, -0.1) is 11.8 Å². The maximum atomic E-state index is 14.0. The van der Waals surface area contributed by atoms with Crippen LogP contribution in [0.15, 0.2) is 41.3 Å². The molecule has 2 aliphatic heterocycles. The second-order valence-corrected chi connectivity index (χ2v) is 13.9. The van der Waals surface area contributed by atoms with Crippen LogP contribution in [0.1, 0.15) is 68.3 Å². The maximum absolute atomic E-state index is 14.0. The number of phenolic OH excluding ortho intramolecular Hbond substituents is 1. The summed E-state index contributed by atoms with van der Waals surface area (Å²) in [6.45, 7) is 6.27. The highest BCUT2D eigenvalue weighted by atomic mass is 32.2. The minimum atomic E-state index is -1.38. The number of rotatable bonds is 7. The van der Waals surface area contributed by atoms with Crippen LogP contribution in [0.2, 0.25) is 0 Å². The lowest BCUT2D eigenvalue weighted by Gasteiger charge is -2.60. The van der Waals surface area contributed by atoms with Gasteiger partial charge in [0.15, 0.2) is 5.75 Å². The van der Waals surface area contributed by atoms with Crippen LogP contribution in [0, 0.1) is 29.6 Å². The van der Waals surface area contributed by atoms with Gasteiger partial charge in [-0.25, -0.2) is 4.79 Å². The average molecular weight is 566 g/mol. The van der Waals surface area contributed by atoms with E-state index in [2.05, 4.69) is 43.4 Å². The first-order valence-electron chi connectivity index (χ1n) is 13.9. The number of carboxylic acid groups (broad SMARTS) is 1. The quantitative estimate of drug-likeness (QED) is 0.322. The number of carbonyl (C=O) groups excluding carboxylic acids is 2. The van der Waals surface area contributed by atoms with Gasteiger partial charge >= 0.3 is 5.97 Å². The summed E-state index contributed by atoms with van der Waals surface area (Å²) in [7, 11) is 0. The highest BCUT2D eigenvalue weighted by molar-refractivity contribution is 8.00. The SMILES string of the molecule is Cc1ccc(S[C@H]2CC(=O)[C@@](C)(CCC(=O)Nc3c(O)ccc(C(=O)O)c3O)[C@@H]3[C@@H]4C[C@H]5C[C@]23C[C@]5(C)O4)cc1. The molecule has 2 aromatic rings. The number of hydrogen-bond acceptors (Lipinski definition) is 7. The third-order valence-electron chi connectivity index (χ3n) is 10.3. The summed E-state index contributed by atoms with van der Waals surface area (Å²) < 4.78 is 6.65. The van der Waals surface area contributed by atoms with Crippen molar-refractivity contribution in [3.05, 3.63) is 47.5 Å². The molecule has 9 heteroatoms. The minimum absolute atomic E-state index is 0.0130. The van der Waals surface area contributed by atoms with Gasteiger partial charge in [0.2, 0.25) is 5.91 Å². The zero-order valence-electron chi connectivity index (χ0n) is 22.9. The van der Waals surface area contributed by atoms with E-state index in [1.54, 1.807) is 0 Å². The van der Waals surface area contributed by atoms with Crippen LogP contribution in [-0.4, -0.2) is 49.9 Å². The molecule has 8 nitrogen and oxygen atoms in total. The molecule has 1 spiro atoms. The molecule has 0 radical (unpaired) electrons. The Morgan fingerprint density at radius 2 is 1.85 bits per heavy atom. The summed E-state index contributed by atoms with van der Waals surface area (Å²) >= 11 is 1.81. The zero-order valence-corrected chi connectivity index (χ0v) is 23.7. The number of hydrogen-bond donors (Lipinski definition) is 4. The van der Waals surface area contributed by atoms with E-state index < -0.39 is 34.4 Å². The highest BCUT2D eigenvalue weighted by Crippen LogP contribution is 2.74. The van der Waals surface area contributed by atoms with Gasteiger partial charge in [-0.3, -0.25) is 9.59 Å². The van der Waals surface area contributed by atoms with Gasteiger partial charge < -0.3 is 25.4 Å². The molecule has 7 rings (SSSR count). The van der Waals surface area contributed by atoms with E-state index in [0.29, 0.717) is 18.8 Å². The second-order valence-electron chi connectivity index (χ2n) is 12.7. The number of carboxylic acids is 1. The van der Waals surface area contributed by atoms with Crippen LogP contribution in [0.5, 0.6) is 11.5 Å². The van der Waals surface area contributed by atoms with Crippen molar-refractivity contribution in [2.75, 3.05) is 5.32 Å². The third-order valence-corrected chi connectivity index (χ3v) is 11.7. The summed E-state index contributed by atoms with van der Waals surface area (Å²) in [4.78, 5) is 39.6. The van der Waals surface area contributed by atoms with Gasteiger partial charge in [-0.1, -0.05) is 24.6 Å². The van der Waals surface area contributed by atoms with Crippen molar-refractivity contribution in [1.82, 2.24) is 0 Å². The Labute approximate surface area is 237 Å². The number of Topliss-reactive ketones (excluding diaryl/α,β-unsaturated/α-hetero) is 1. The topological polar surface area (TPSA) is 133 Å². The van der Waals surface area contributed by atoms with Crippen molar-refractivity contribution in [2.45, 2.75) is 81.1 Å². The molecule has 4 bridgehead atoms. The predicted octanol–water partition coefficient (Wildman–Crippen LogP) is 5.54. The van der Waals surface area contributed by atoms with E-state index in [0.717, 1.165) is 36.3 Å². The van der Waals surface area contributed by atoms with Crippen molar-refractivity contribution in [3.63, 3.8) is 0 Å². The van der Waals surface area contributed by atoms with Crippen LogP contribution in [0.25, 0.3) is 0 Å². The number of anilines is 1. The lowest BCUT2D eigenvalue weighted by molar-refractivity contribution is -0.189.